The van der Waals surface area contributed by atoms with E-state index in [1.165, 1.54) is 5.56 Å². The molecule has 0 spiro atoms. The Morgan fingerprint density at radius 1 is 0.893 bits per heavy atom. The number of carbonyl (C=O) groups is 1. The average molecular weight is 403 g/mol. The largest absolute Gasteiger partial charge is 0.355 e. The number of amides is 1. The summed E-state index contributed by atoms with van der Waals surface area (Å²) in [5.41, 5.74) is 2.19. The molecule has 5 nitrogen and oxygen atoms in total. The van der Waals surface area contributed by atoms with Crippen LogP contribution in [0.15, 0.2) is 60.7 Å². The molecule has 2 aromatic carbocycles. The molecule has 0 fully saturated rings. The number of hydrogen-bond acceptors (Lipinski definition) is 3. The van der Waals surface area contributed by atoms with E-state index in [1.54, 1.807) is 13.8 Å². The van der Waals surface area contributed by atoms with Crippen molar-refractivity contribution in [1.29, 1.82) is 0 Å². The van der Waals surface area contributed by atoms with Gasteiger partial charge in [0.25, 0.3) is 0 Å². The molecule has 0 saturated heterocycles. The van der Waals surface area contributed by atoms with Gasteiger partial charge in [0.15, 0.2) is 0 Å². The van der Waals surface area contributed by atoms with E-state index in [0.717, 1.165) is 24.8 Å². The first kappa shape index (κ1) is 22.1. The van der Waals surface area contributed by atoms with Crippen molar-refractivity contribution in [3.8, 4) is 0 Å². The monoisotopic (exact) mass is 402 g/mol. The lowest BCUT2D eigenvalue weighted by molar-refractivity contribution is -0.122. The molecule has 6 heteroatoms. The molecule has 0 aliphatic rings. The highest BCUT2D eigenvalue weighted by Crippen LogP contribution is 2.08. The summed E-state index contributed by atoms with van der Waals surface area (Å²) in [5, 5.41) is 2.29. The summed E-state index contributed by atoms with van der Waals surface area (Å²) in [6, 6.07) is 18.8. The molecular formula is C22H30N2O3S. The van der Waals surface area contributed by atoms with Crippen LogP contribution in [0.4, 0.5) is 0 Å². The lowest BCUT2D eigenvalue weighted by atomic mass is 10.1. The van der Waals surface area contributed by atoms with Crippen molar-refractivity contribution in [2.24, 2.45) is 0 Å². The molecule has 1 amide bonds. The Labute approximate surface area is 168 Å². The molecular weight excluding hydrogens is 372 g/mol. The fraction of sp³-hybridized carbons (Fsp3) is 0.409. The Morgan fingerprint density at radius 3 is 2.04 bits per heavy atom. The van der Waals surface area contributed by atoms with Crippen LogP contribution in [0, 0.1) is 0 Å². The van der Waals surface area contributed by atoms with E-state index < -0.39 is 21.3 Å². The van der Waals surface area contributed by atoms with Crippen LogP contribution >= 0.6 is 0 Å². The molecule has 0 aromatic heterocycles. The minimum absolute atomic E-state index is 0.284. The zero-order chi connectivity index (χ0) is 20.4. The lowest BCUT2D eigenvalue weighted by Gasteiger charge is -2.20. The van der Waals surface area contributed by atoms with E-state index in [9.17, 15) is 13.2 Å². The number of nitrogens with one attached hydrogen (secondary N) is 2. The molecule has 2 rings (SSSR count). The van der Waals surface area contributed by atoms with Gasteiger partial charge >= 0.3 is 0 Å². The van der Waals surface area contributed by atoms with Crippen LogP contribution in [0.5, 0.6) is 0 Å². The smallest absolute Gasteiger partial charge is 0.238 e. The van der Waals surface area contributed by atoms with Gasteiger partial charge in [0, 0.05) is 6.54 Å². The quantitative estimate of drug-likeness (QED) is 0.567. The summed E-state index contributed by atoms with van der Waals surface area (Å²) in [5.74, 6) is -0.284. The highest BCUT2D eigenvalue weighted by Gasteiger charge is 2.26. The minimum Gasteiger partial charge on any atom is -0.355 e. The van der Waals surface area contributed by atoms with E-state index in [4.69, 9.17) is 0 Å². The molecule has 0 bridgehead atoms. The summed E-state index contributed by atoms with van der Waals surface area (Å²) in [4.78, 5) is 12.6. The molecule has 2 N–H and O–H groups in total. The Bertz CT molecular complexity index is 821. The zero-order valence-corrected chi connectivity index (χ0v) is 17.4. The van der Waals surface area contributed by atoms with E-state index in [2.05, 4.69) is 22.2 Å². The maximum Gasteiger partial charge on any atom is 0.238 e. The van der Waals surface area contributed by atoms with Crippen molar-refractivity contribution in [3.63, 3.8) is 0 Å². The molecule has 0 heterocycles. The van der Waals surface area contributed by atoms with E-state index in [0.29, 0.717) is 13.0 Å². The van der Waals surface area contributed by atoms with Crippen LogP contribution in [0.25, 0.3) is 0 Å². The molecule has 0 saturated carbocycles. The second kappa shape index (κ2) is 11.0. The topological polar surface area (TPSA) is 75.3 Å². The molecule has 152 valence electrons. The summed E-state index contributed by atoms with van der Waals surface area (Å²) in [7, 11) is -3.54. The summed E-state index contributed by atoms with van der Waals surface area (Å²) >= 11 is 0. The fourth-order valence-corrected chi connectivity index (χ4v) is 3.66. The van der Waals surface area contributed by atoms with Gasteiger partial charge in [-0.05, 0) is 50.7 Å². The van der Waals surface area contributed by atoms with Crippen molar-refractivity contribution in [3.05, 3.63) is 71.8 Å². The van der Waals surface area contributed by atoms with Crippen molar-refractivity contribution in [2.45, 2.75) is 50.8 Å². The second-order valence-corrected chi connectivity index (χ2v) is 9.46. The molecule has 0 unspecified atom stereocenters. The van der Waals surface area contributed by atoms with Crippen LogP contribution in [0.2, 0.25) is 0 Å². The van der Waals surface area contributed by atoms with Crippen LogP contribution in [0.1, 0.15) is 37.8 Å². The third kappa shape index (κ3) is 7.44. The van der Waals surface area contributed by atoms with Crippen molar-refractivity contribution >= 4 is 15.9 Å². The normalized spacial score (nSPS) is 12.7. The highest BCUT2D eigenvalue weighted by atomic mass is 32.2. The Morgan fingerprint density at radius 2 is 1.46 bits per heavy atom. The van der Waals surface area contributed by atoms with E-state index in [-0.39, 0.29) is 5.91 Å². The third-order valence-corrected chi connectivity index (χ3v) is 6.41. The number of sulfonamides is 1. The van der Waals surface area contributed by atoms with Crippen LogP contribution in [-0.4, -0.2) is 32.2 Å². The number of rotatable bonds is 11. The van der Waals surface area contributed by atoms with Gasteiger partial charge in [0.05, 0.1) is 5.25 Å². The number of carbonyl (C=O) groups excluding carboxylic acids is 1. The van der Waals surface area contributed by atoms with E-state index in [1.807, 2.05) is 48.5 Å². The Hall–Kier alpha value is -2.18. The SMILES string of the molecule is CC(C)S(=O)(=O)N[C@@H](Cc1ccccc1)C(=O)NCCCCc1ccccc1. The Kier molecular flexibility index (Phi) is 8.67. The maximum atomic E-state index is 12.6. The van der Waals surface area contributed by atoms with E-state index >= 15 is 0 Å². The molecule has 0 aliphatic carbocycles. The first-order chi connectivity index (χ1) is 13.4. The highest BCUT2D eigenvalue weighted by molar-refractivity contribution is 7.90. The second-order valence-electron chi connectivity index (χ2n) is 7.19. The summed E-state index contributed by atoms with van der Waals surface area (Å²) in [6.07, 6.45) is 3.09. The van der Waals surface area contributed by atoms with Crippen LogP contribution in [0.3, 0.4) is 0 Å². The zero-order valence-electron chi connectivity index (χ0n) is 16.6. The van der Waals surface area contributed by atoms with Gasteiger partial charge in [-0.1, -0.05) is 60.7 Å². The first-order valence-electron chi connectivity index (χ1n) is 9.75. The number of aryl methyl sites for hydroxylation is 1. The molecule has 0 aliphatic heterocycles. The van der Waals surface area contributed by atoms with Gasteiger partial charge in [-0.25, -0.2) is 13.1 Å². The van der Waals surface area contributed by atoms with Gasteiger partial charge < -0.3 is 5.32 Å². The van der Waals surface area contributed by atoms with Crippen LogP contribution < -0.4 is 10.0 Å². The number of hydrogen-bond donors (Lipinski definition) is 2. The predicted octanol–water partition coefficient (Wildman–Crippen LogP) is 3.06. The van der Waals surface area contributed by atoms with Gasteiger partial charge in [-0.15, -0.1) is 0 Å². The number of benzene rings is 2. The minimum atomic E-state index is -3.54. The van der Waals surface area contributed by atoms with Crippen molar-refractivity contribution in [1.82, 2.24) is 10.0 Å². The number of unbranched alkanes of at least 4 members (excludes halogenated alkanes) is 1. The van der Waals surface area contributed by atoms with Gasteiger partial charge in [0.1, 0.15) is 6.04 Å². The van der Waals surface area contributed by atoms with Crippen molar-refractivity contribution in [2.75, 3.05) is 6.54 Å². The maximum absolute atomic E-state index is 12.6. The summed E-state index contributed by atoms with van der Waals surface area (Å²) < 4.78 is 27.1. The van der Waals surface area contributed by atoms with Crippen LogP contribution in [-0.2, 0) is 27.7 Å². The molecule has 2 aromatic rings. The fourth-order valence-electron chi connectivity index (χ4n) is 2.81. The average Bonchev–Trinajstić information content (AvgIpc) is 2.68. The summed E-state index contributed by atoms with van der Waals surface area (Å²) in [6.45, 7) is 3.73. The first-order valence-corrected chi connectivity index (χ1v) is 11.3. The third-order valence-electron chi connectivity index (χ3n) is 4.56. The lowest BCUT2D eigenvalue weighted by Crippen LogP contribution is -2.49. The van der Waals surface area contributed by atoms with Gasteiger partial charge in [-0.2, -0.15) is 0 Å². The molecule has 0 radical (unpaired) electrons. The van der Waals surface area contributed by atoms with Crippen molar-refractivity contribution < 1.29 is 13.2 Å². The standard InChI is InChI=1S/C22H30N2O3S/c1-18(2)28(26,27)24-21(17-20-14-7-4-8-15-20)22(25)23-16-10-9-13-19-11-5-3-6-12-19/h3-8,11-12,14-15,18,21,24H,9-10,13,16-17H2,1-2H3,(H,23,25)/t21-/m0/s1. The molecule has 28 heavy (non-hydrogen) atoms. The Balaban J connectivity index is 1.88. The van der Waals surface area contributed by atoms with Gasteiger partial charge in [-0.3, -0.25) is 4.79 Å². The van der Waals surface area contributed by atoms with Gasteiger partial charge in [0.2, 0.25) is 15.9 Å². The predicted molar refractivity (Wildman–Crippen MR) is 114 cm³/mol. The molecule has 1 atom stereocenters.